The van der Waals surface area contributed by atoms with Gasteiger partial charge in [0.25, 0.3) is 0 Å². The van der Waals surface area contributed by atoms with Gasteiger partial charge in [0.05, 0.1) is 19.3 Å². The molecule has 1 aromatic rings. The van der Waals surface area contributed by atoms with E-state index in [2.05, 4.69) is 39.8 Å². The highest BCUT2D eigenvalue weighted by molar-refractivity contribution is 6.74. The topological polar surface area (TPSA) is 38.8 Å². The van der Waals surface area contributed by atoms with Crippen molar-refractivity contribution in [3.05, 3.63) is 28.8 Å². The highest BCUT2D eigenvalue weighted by Gasteiger charge is 2.48. The highest BCUT2D eigenvalue weighted by atomic mass is 16.6. The predicted molar refractivity (Wildman–Crippen MR) is 127 cm³/mol. The SMILES string of the molecule is CC(C)(C)OC(=O)N1CCC[C@H]1c1cc(B2CC(C)(C)C(C)(C)C2)cc2c1COCC2. The third-order valence-electron chi connectivity index (χ3n) is 8.22. The number of likely N-dealkylation sites (tertiary alicyclic amines) is 1. The number of carbonyl (C=O) groups is 1. The van der Waals surface area contributed by atoms with Crippen LogP contribution >= 0.6 is 0 Å². The van der Waals surface area contributed by atoms with Gasteiger partial charge in [-0.15, -0.1) is 0 Å². The van der Waals surface area contributed by atoms with Crippen molar-refractivity contribution in [2.24, 2.45) is 10.8 Å². The fourth-order valence-corrected chi connectivity index (χ4v) is 5.79. The molecule has 3 aliphatic heterocycles. The van der Waals surface area contributed by atoms with Crippen LogP contribution < -0.4 is 5.46 Å². The van der Waals surface area contributed by atoms with Crippen LogP contribution in [0, 0.1) is 10.8 Å². The Balaban J connectivity index is 1.70. The van der Waals surface area contributed by atoms with Gasteiger partial charge in [-0.2, -0.15) is 0 Å². The van der Waals surface area contributed by atoms with E-state index >= 15 is 0 Å². The molecule has 3 aliphatic rings. The average Bonchev–Trinajstić information content (AvgIpc) is 3.22. The maximum Gasteiger partial charge on any atom is 0.410 e. The summed E-state index contributed by atoms with van der Waals surface area (Å²) in [5.41, 5.74) is 5.68. The van der Waals surface area contributed by atoms with Gasteiger partial charge in [0.15, 0.2) is 6.71 Å². The molecule has 0 unspecified atom stereocenters. The quantitative estimate of drug-likeness (QED) is 0.579. The van der Waals surface area contributed by atoms with E-state index in [-0.39, 0.29) is 12.1 Å². The summed E-state index contributed by atoms with van der Waals surface area (Å²) in [6.07, 6.45) is 5.23. The van der Waals surface area contributed by atoms with Crippen molar-refractivity contribution >= 4 is 18.3 Å². The predicted octanol–water partition coefficient (Wildman–Crippen LogP) is 5.60. The number of ether oxygens (including phenoxy) is 2. The minimum absolute atomic E-state index is 0.0904. The number of nitrogens with zero attached hydrogens (tertiary/aromatic N) is 1. The van der Waals surface area contributed by atoms with E-state index in [0.29, 0.717) is 24.1 Å². The minimum Gasteiger partial charge on any atom is -0.444 e. The Bertz CT molecular complexity index is 839. The second-order valence-electron chi connectivity index (χ2n) is 12.3. The Kier molecular flexibility index (Phi) is 5.73. The summed E-state index contributed by atoms with van der Waals surface area (Å²) in [5.74, 6) is 0. The van der Waals surface area contributed by atoms with E-state index in [1.54, 1.807) is 0 Å². The summed E-state index contributed by atoms with van der Waals surface area (Å²) >= 11 is 0. The number of rotatable bonds is 2. The number of carbonyl (C=O) groups excluding carboxylic acids is 1. The lowest BCUT2D eigenvalue weighted by Crippen LogP contribution is -2.38. The van der Waals surface area contributed by atoms with Gasteiger partial charge < -0.3 is 14.4 Å². The van der Waals surface area contributed by atoms with E-state index in [4.69, 9.17) is 9.47 Å². The molecular formula is C26H40BNO3. The van der Waals surface area contributed by atoms with E-state index in [9.17, 15) is 4.79 Å². The third kappa shape index (κ3) is 4.40. The van der Waals surface area contributed by atoms with Gasteiger partial charge in [-0.05, 0) is 67.6 Å². The first-order valence-corrected chi connectivity index (χ1v) is 12.1. The highest BCUT2D eigenvalue weighted by Crippen LogP contribution is 2.52. The Labute approximate surface area is 189 Å². The van der Waals surface area contributed by atoms with Crippen LogP contribution in [0.25, 0.3) is 0 Å². The number of fused-ring (bicyclic) bond motifs is 1. The molecule has 31 heavy (non-hydrogen) atoms. The van der Waals surface area contributed by atoms with Gasteiger partial charge in [-0.3, -0.25) is 0 Å². The molecule has 0 spiro atoms. The monoisotopic (exact) mass is 425 g/mol. The van der Waals surface area contributed by atoms with Gasteiger partial charge in [0.2, 0.25) is 0 Å². The molecule has 4 rings (SSSR count). The smallest absolute Gasteiger partial charge is 0.410 e. The fraction of sp³-hybridized carbons (Fsp3) is 0.731. The Hall–Kier alpha value is -1.49. The zero-order valence-electron chi connectivity index (χ0n) is 20.6. The molecule has 5 heteroatoms. The molecule has 2 fully saturated rings. The fourth-order valence-electron chi connectivity index (χ4n) is 5.79. The van der Waals surface area contributed by atoms with Crippen LogP contribution in [0.5, 0.6) is 0 Å². The van der Waals surface area contributed by atoms with Crippen molar-refractivity contribution in [2.75, 3.05) is 13.2 Å². The van der Waals surface area contributed by atoms with Gasteiger partial charge in [-0.1, -0.05) is 57.9 Å². The van der Waals surface area contributed by atoms with Crippen LogP contribution in [0.2, 0.25) is 12.6 Å². The first-order chi connectivity index (χ1) is 14.4. The second kappa shape index (κ2) is 7.83. The van der Waals surface area contributed by atoms with Gasteiger partial charge >= 0.3 is 6.09 Å². The number of hydrogen-bond acceptors (Lipinski definition) is 3. The maximum atomic E-state index is 13.0. The summed E-state index contributed by atoms with van der Waals surface area (Å²) in [6, 6.07) is 4.96. The molecule has 0 bridgehead atoms. The molecule has 0 aliphatic carbocycles. The van der Waals surface area contributed by atoms with Crippen LogP contribution in [0.15, 0.2) is 12.1 Å². The van der Waals surface area contributed by atoms with Crippen molar-refractivity contribution in [1.82, 2.24) is 4.90 Å². The molecule has 170 valence electrons. The standard InChI is InChI=1S/C26H40BNO3/c1-24(2,3)31-23(29)28-11-8-9-22(28)20-14-19(13-18-10-12-30-15-21(18)20)27-16-25(4,5)26(6,7)17-27/h13-14,22H,8-12,15-17H2,1-7H3/t22-/m0/s1. The zero-order chi connectivity index (χ0) is 22.6. The van der Waals surface area contributed by atoms with Gasteiger partial charge in [-0.25, -0.2) is 4.79 Å². The number of benzene rings is 1. The molecule has 0 saturated carbocycles. The summed E-state index contributed by atoms with van der Waals surface area (Å²) in [4.78, 5) is 15.0. The zero-order valence-corrected chi connectivity index (χ0v) is 20.6. The maximum absolute atomic E-state index is 13.0. The summed E-state index contributed by atoms with van der Waals surface area (Å²) in [7, 11) is 0. The third-order valence-corrected chi connectivity index (χ3v) is 8.22. The molecule has 1 amide bonds. The normalized spacial score (nSPS) is 24.9. The van der Waals surface area contributed by atoms with Crippen LogP contribution in [0.4, 0.5) is 4.79 Å². The van der Waals surface area contributed by atoms with Crippen molar-refractivity contribution in [3.63, 3.8) is 0 Å². The molecule has 2 saturated heterocycles. The van der Waals surface area contributed by atoms with E-state index in [1.807, 2.05) is 25.7 Å². The second-order valence-corrected chi connectivity index (χ2v) is 12.3. The Morgan fingerprint density at radius 1 is 1.16 bits per heavy atom. The lowest BCUT2D eigenvalue weighted by molar-refractivity contribution is 0.0221. The van der Waals surface area contributed by atoms with E-state index in [1.165, 1.54) is 34.8 Å². The molecule has 0 aromatic heterocycles. The molecule has 0 radical (unpaired) electrons. The summed E-state index contributed by atoms with van der Waals surface area (Å²) < 4.78 is 11.6. The minimum atomic E-state index is -0.477. The van der Waals surface area contributed by atoms with Crippen molar-refractivity contribution in [2.45, 2.75) is 98.6 Å². The molecule has 0 N–H and O–H groups in total. The lowest BCUT2D eigenvalue weighted by Gasteiger charge is -2.35. The van der Waals surface area contributed by atoms with Crippen LogP contribution in [-0.4, -0.2) is 36.5 Å². The number of hydrogen-bond donors (Lipinski definition) is 0. The van der Waals surface area contributed by atoms with Crippen molar-refractivity contribution in [1.29, 1.82) is 0 Å². The molecule has 3 heterocycles. The Morgan fingerprint density at radius 2 is 1.84 bits per heavy atom. The average molecular weight is 425 g/mol. The number of amides is 1. The summed E-state index contributed by atoms with van der Waals surface area (Å²) in [6.45, 7) is 18.3. The van der Waals surface area contributed by atoms with Gasteiger partial charge in [0, 0.05) is 6.54 Å². The Morgan fingerprint density at radius 3 is 2.48 bits per heavy atom. The first kappa shape index (κ1) is 22.7. The van der Waals surface area contributed by atoms with E-state index in [0.717, 1.165) is 32.4 Å². The van der Waals surface area contributed by atoms with Crippen molar-refractivity contribution < 1.29 is 14.3 Å². The summed E-state index contributed by atoms with van der Waals surface area (Å²) in [5, 5.41) is 0. The van der Waals surface area contributed by atoms with Crippen molar-refractivity contribution in [3.8, 4) is 0 Å². The van der Waals surface area contributed by atoms with Crippen LogP contribution in [0.3, 0.4) is 0 Å². The molecule has 4 nitrogen and oxygen atoms in total. The first-order valence-electron chi connectivity index (χ1n) is 12.1. The van der Waals surface area contributed by atoms with Crippen LogP contribution in [0.1, 0.15) is 84.0 Å². The van der Waals surface area contributed by atoms with Gasteiger partial charge in [0.1, 0.15) is 5.60 Å². The molecule has 1 atom stereocenters. The molecule has 1 aromatic carbocycles. The lowest BCUT2D eigenvalue weighted by atomic mass is 9.42. The largest absolute Gasteiger partial charge is 0.444 e. The molecular weight excluding hydrogens is 385 g/mol. The van der Waals surface area contributed by atoms with Crippen LogP contribution in [-0.2, 0) is 22.5 Å². The van der Waals surface area contributed by atoms with E-state index < -0.39 is 5.60 Å².